The molecule has 5 nitrogen and oxygen atoms in total. The number of carbonyl (C=O) groups excluding carboxylic acids is 1. The van der Waals surface area contributed by atoms with Gasteiger partial charge in [-0.15, -0.1) is 0 Å². The van der Waals surface area contributed by atoms with E-state index in [-0.39, 0.29) is 6.03 Å². The molecule has 0 saturated carbocycles. The van der Waals surface area contributed by atoms with Gasteiger partial charge in [0, 0.05) is 39.3 Å². The molecule has 2 heterocycles. The van der Waals surface area contributed by atoms with Gasteiger partial charge >= 0.3 is 6.03 Å². The monoisotopic (exact) mass is 212 g/mol. The van der Waals surface area contributed by atoms with E-state index in [4.69, 9.17) is 0 Å². The number of nitrogens with zero attached hydrogens (tertiary/aromatic N) is 3. The SMILES string of the molecule is CCN1CCN(C(=O)N2CCNC2)CC1. The number of amides is 2. The van der Waals surface area contributed by atoms with Crippen molar-refractivity contribution in [3.8, 4) is 0 Å². The molecule has 0 unspecified atom stereocenters. The van der Waals surface area contributed by atoms with Crippen LogP contribution in [0.25, 0.3) is 0 Å². The number of nitrogens with one attached hydrogen (secondary N) is 1. The van der Waals surface area contributed by atoms with Crippen molar-refractivity contribution in [2.45, 2.75) is 6.92 Å². The lowest BCUT2D eigenvalue weighted by molar-refractivity contribution is 0.120. The molecule has 2 saturated heterocycles. The zero-order valence-electron chi connectivity index (χ0n) is 9.41. The lowest BCUT2D eigenvalue weighted by Crippen LogP contribution is -2.52. The van der Waals surface area contributed by atoms with E-state index in [1.807, 2.05) is 9.80 Å². The second-order valence-electron chi connectivity index (χ2n) is 4.13. The van der Waals surface area contributed by atoms with Crippen LogP contribution in [0.15, 0.2) is 0 Å². The van der Waals surface area contributed by atoms with Crippen LogP contribution >= 0.6 is 0 Å². The number of urea groups is 1. The maximum atomic E-state index is 12.0. The van der Waals surface area contributed by atoms with Gasteiger partial charge in [-0.25, -0.2) is 4.79 Å². The van der Waals surface area contributed by atoms with Crippen LogP contribution in [0.1, 0.15) is 6.92 Å². The van der Waals surface area contributed by atoms with E-state index < -0.39 is 0 Å². The third-order valence-corrected chi connectivity index (χ3v) is 3.22. The number of carbonyl (C=O) groups is 1. The Hall–Kier alpha value is -0.810. The van der Waals surface area contributed by atoms with Gasteiger partial charge in [0.2, 0.25) is 0 Å². The minimum atomic E-state index is 0.204. The molecule has 2 aliphatic rings. The second-order valence-corrected chi connectivity index (χ2v) is 4.13. The van der Waals surface area contributed by atoms with E-state index >= 15 is 0 Å². The molecule has 0 aromatic carbocycles. The fraction of sp³-hybridized carbons (Fsp3) is 0.900. The van der Waals surface area contributed by atoms with Crippen molar-refractivity contribution in [2.75, 3.05) is 52.5 Å². The summed E-state index contributed by atoms with van der Waals surface area (Å²) in [4.78, 5) is 18.2. The first kappa shape index (κ1) is 10.7. The molecule has 0 aromatic rings. The predicted molar refractivity (Wildman–Crippen MR) is 58.7 cm³/mol. The van der Waals surface area contributed by atoms with Crippen molar-refractivity contribution in [3.63, 3.8) is 0 Å². The van der Waals surface area contributed by atoms with Crippen molar-refractivity contribution in [1.82, 2.24) is 20.0 Å². The van der Waals surface area contributed by atoms with Gasteiger partial charge in [0.25, 0.3) is 0 Å². The summed E-state index contributed by atoms with van der Waals surface area (Å²) < 4.78 is 0. The number of hydrogen-bond donors (Lipinski definition) is 1. The lowest BCUT2D eigenvalue weighted by atomic mass is 10.3. The first-order chi connectivity index (χ1) is 7.31. The Morgan fingerprint density at radius 3 is 2.40 bits per heavy atom. The highest BCUT2D eigenvalue weighted by molar-refractivity contribution is 5.74. The van der Waals surface area contributed by atoms with Crippen LogP contribution in [-0.2, 0) is 0 Å². The molecule has 0 radical (unpaired) electrons. The van der Waals surface area contributed by atoms with E-state index in [9.17, 15) is 4.79 Å². The highest BCUT2D eigenvalue weighted by atomic mass is 16.2. The maximum Gasteiger partial charge on any atom is 0.321 e. The number of likely N-dealkylation sites (N-methyl/N-ethyl adjacent to an activating group) is 1. The molecule has 86 valence electrons. The van der Waals surface area contributed by atoms with E-state index in [1.54, 1.807) is 0 Å². The van der Waals surface area contributed by atoms with Gasteiger partial charge in [0.15, 0.2) is 0 Å². The third kappa shape index (κ3) is 2.41. The van der Waals surface area contributed by atoms with Gasteiger partial charge in [-0.3, -0.25) is 5.32 Å². The smallest absolute Gasteiger partial charge is 0.321 e. The molecule has 1 N–H and O–H groups in total. The van der Waals surface area contributed by atoms with Gasteiger partial charge < -0.3 is 14.7 Å². The van der Waals surface area contributed by atoms with Crippen LogP contribution in [0, 0.1) is 0 Å². The Balaban J connectivity index is 1.81. The van der Waals surface area contributed by atoms with Gasteiger partial charge in [-0.2, -0.15) is 0 Å². The summed E-state index contributed by atoms with van der Waals surface area (Å²) in [5.41, 5.74) is 0. The zero-order chi connectivity index (χ0) is 10.7. The molecule has 5 heteroatoms. The van der Waals surface area contributed by atoms with Crippen LogP contribution in [-0.4, -0.2) is 73.2 Å². The molecule has 15 heavy (non-hydrogen) atoms. The number of hydrogen-bond acceptors (Lipinski definition) is 3. The van der Waals surface area contributed by atoms with Crippen molar-refractivity contribution < 1.29 is 4.79 Å². The van der Waals surface area contributed by atoms with Crippen LogP contribution < -0.4 is 5.32 Å². The Bertz CT molecular complexity index is 219. The van der Waals surface area contributed by atoms with E-state index in [0.29, 0.717) is 6.67 Å². The summed E-state index contributed by atoms with van der Waals surface area (Å²) in [5, 5.41) is 3.18. The minimum Gasteiger partial charge on any atom is -0.322 e. The topological polar surface area (TPSA) is 38.8 Å². The molecular weight excluding hydrogens is 192 g/mol. The largest absolute Gasteiger partial charge is 0.322 e. The molecule has 0 bridgehead atoms. The van der Waals surface area contributed by atoms with Gasteiger partial charge in [0.1, 0.15) is 0 Å². The van der Waals surface area contributed by atoms with Crippen LogP contribution in [0.2, 0.25) is 0 Å². The average molecular weight is 212 g/mol. The average Bonchev–Trinajstić information content (AvgIpc) is 2.82. The Kier molecular flexibility index (Phi) is 3.43. The fourth-order valence-electron chi connectivity index (χ4n) is 2.13. The zero-order valence-corrected chi connectivity index (χ0v) is 9.41. The second kappa shape index (κ2) is 4.81. The Morgan fingerprint density at radius 1 is 1.13 bits per heavy atom. The summed E-state index contributed by atoms with van der Waals surface area (Å²) >= 11 is 0. The molecule has 0 atom stereocenters. The summed E-state index contributed by atoms with van der Waals surface area (Å²) in [5.74, 6) is 0. The molecule has 0 aromatic heterocycles. The van der Waals surface area contributed by atoms with Crippen LogP contribution in [0.3, 0.4) is 0 Å². The fourth-order valence-corrected chi connectivity index (χ4v) is 2.13. The maximum absolute atomic E-state index is 12.0. The van der Waals surface area contributed by atoms with Crippen molar-refractivity contribution in [2.24, 2.45) is 0 Å². The third-order valence-electron chi connectivity index (χ3n) is 3.22. The lowest BCUT2D eigenvalue weighted by Gasteiger charge is -2.35. The first-order valence-electron chi connectivity index (χ1n) is 5.78. The summed E-state index contributed by atoms with van der Waals surface area (Å²) in [7, 11) is 0. The summed E-state index contributed by atoms with van der Waals surface area (Å²) in [6, 6.07) is 0.204. The van der Waals surface area contributed by atoms with E-state index in [1.165, 1.54) is 0 Å². The van der Waals surface area contributed by atoms with E-state index in [0.717, 1.165) is 45.8 Å². The van der Waals surface area contributed by atoms with Crippen molar-refractivity contribution in [1.29, 1.82) is 0 Å². The molecule has 2 amide bonds. The number of piperazine rings is 1. The Morgan fingerprint density at radius 2 is 1.87 bits per heavy atom. The normalized spacial score (nSPS) is 23.5. The predicted octanol–water partition coefficient (Wildman–Crippen LogP) is -0.393. The summed E-state index contributed by atoms with van der Waals surface area (Å²) in [6.45, 7) is 9.55. The molecule has 0 spiro atoms. The summed E-state index contributed by atoms with van der Waals surface area (Å²) in [6.07, 6.45) is 0. The van der Waals surface area contributed by atoms with Crippen molar-refractivity contribution >= 4 is 6.03 Å². The van der Waals surface area contributed by atoms with Gasteiger partial charge in [0.05, 0.1) is 6.67 Å². The molecule has 2 aliphatic heterocycles. The first-order valence-corrected chi connectivity index (χ1v) is 5.78. The molecular formula is C10H20N4O. The van der Waals surface area contributed by atoms with Crippen LogP contribution in [0.5, 0.6) is 0 Å². The molecule has 2 fully saturated rings. The van der Waals surface area contributed by atoms with Gasteiger partial charge in [-0.05, 0) is 6.54 Å². The minimum absolute atomic E-state index is 0.204. The highest BCUT2D eigenvalue weighted by Gasteiger charge is 2.25. The van der Waals surface area contributed by atoms with Crippen LogP contribution in [0.4, 0.5) is 4.79 Å². The van der Waals surface area contributed by atoms with Gasteiger partial charge in [-0.1, -0.05) is 6.92 Å². The van der Waals surface area contributed by atoms with E-state index in [2.05, 4.69) is 17.1 Å². The Labute approximate surface area is 91.0 Å². The number of rotatable bonds is 1. The molecule has 2 rings (SSSR count). The molecule has 0 aliphatic carbocycles. The standard InChI is InChI=1S/C10H20N4O/c1-2-12-5-7-13(8-6-12)10(15)14-4-3-11-9-14/h11H,2-9H2,1H3. The van der Waals surface area contributed by atoms with Crippen molar-refractivity contribution in [3.05, 3.63) is 0 Å². The highest BCUT2D eigenvalue weighted by Crippen LogP contribution is 2.06. The quantitative estimate of drug-likeness (QED) is 0.643.